The van der Waals surface area contributed by atoms with Crippen molar-refractivity contribution in [3.8, 4) is 0 Å². The first-order valence-corrected chi connectivity index (χ1v) is 20.3. The number of hydrogen-bond acceptors (Lipinski definition) is 5. The van der Waals surface area contributed by atoms with Crippen LogP contribution in [0.25, 0.3) is 0 Å². The summed E-state index contributed by atoms with van der Waals surface area (Å²) in [4.78, 5) is 12.5. The van der Waals surface area contributed by atoms with Crippen LogP contribution in [0.4, 0.5) is 0 Å². The van der Waals surface area contributed by atoms with E-state index in [1.54, 1.807) is 0 Å². The third-order valence-corrected chi connectivity index (χ3v) is 9.75. The van der Waals surface area contributed by atoms with Crippen LogP contribution < -0.4 is 5.32 Å². The molecule has 0 saturated carbocycles. The Balaban J connectivity index is 3.69. The van der Waals surface area contributed by atoms with E-state index in [-0.39, 0.29) is 0 Å². The van der Waals surface area contributed by atoms with E-state index >= 15 is 0 Å². The summed E-state index contributed by atoms with van der Waals surface area (Å²) in [7, 11) is 0. The molecular formula is C40H81NO5. The van der Waals surface area contributed by atoms with E-state index in [4.69, 9.17) is 0 Å². The van der Waals surface area contributed by atoms with Gasteiger partial charge in [0.05, 0.1) is 18.8 Å². The van der Waals surface area contributed by atoms with Crippen LogP contribution in [0.15, 0.2) is 0 Å². The monoisotopic (exact) mass is 656 g/mol. The van der Waals surface area contributed by atoms with Gasteiger partial charge in [-0.2, -0.15) is 0 Å². The average molecular weight is 656 g/mol. The van der Waals surface area contributed by atoms with Crippen molar-refractivity contribution in [3.05, 3.63) is 0 Å². The molecule has 0 rings (SSSR count). The van der Waals surface area contributed by atoms with Crippen molar-refractivity contribution in [2.75, 3.05) is 6.61 Å². The zero-order valence-electron chi connectivity index (χ0n) is 31.0. The van der Waals surface area contributed by atoms with Gasteiger partial charge in [-0.05, 0) is 18.8 Å². The Bertz CT molecular complexity index is 631. The standard InChI is InChI=1S/C40H81NO5/c1-4-5-6-7-8-9-20-23-26-29-32-37(43)39(45)36(34-42)41-40(46)38(44)33-30-27-24-21-18-16-14-12-10-11-13-15-17-19-22-25-28-31-35(2)3/h35-39,42-45H,4-34H2,1-3H3,(H,41,46)/t36-,37+,38+,39-/m0/s1. The third kappa shape index (κ3) is 29.4. The Kier molecular flexibility index (Phi) is 33.7. The summed E-state index contributed by atoms with van der Waals surface area (Å²) in [6.07, 6.45) is 32.7. The Hall–Kier alpha value is -0.690. The van der Waals surface area contributed by atoms with Crippen molar-refractivity contribution in [2.24, 2.45) is 5.92 Å². The summed E-state index contributed by atoms with van der Waals surface area (Å²) < 4.78 is 0. The number of hydrogen-bond donors (Lipinski definition) is 5. The number of carbonyl (C=O) groups excluding carboxylic acids is 1. The van der Waals surface area contributed by atoms with Gasteiger partial charge in [0, 0.05) is 0 Å². The van der Waals surface area contributed by atoms with Crippen LogP contribution >= 0.6 is 0 Å². The summed E-state index contributed by atoms with van der Waals surface area (Å²) in [6.45, 7) is 6.39. The van der Waals surface area contributed by atoms with Crippen LogP contribution in [0.5, 0.6) is 0 Å². The van der Waals surface area contributed by atoms with E-state index in [9.17, 15) is 25.2 Å². The molecule has 46 heavy (non-hydrogen) atoms. The number of aliphatic hydroxyl groups excluding tert-OH is 4. The Morgan fingerprint density at radius 1 is 0.500 bits per heavy atom. The molecule has 0 aromatic carbocycles. The summed E-state index contributed by atoms with van der Waals surface area (Å²) in [5.74, 6) is 0.273. The van der Waals surface area contributed by atoms with Gasteiger partial charge in [0.15, 0.2) is 0 Å². The molecule has 5 N–H and O–H groups in total. The molecule has 0 spiro atoms. The molecule has 4 atom stereocenters. The van der Waals surface area contributed by atoms with Crippen LogP contribution in [0.2, 0.25) is 0 Å². The number of rotatable bonds is 36. The lowest BCUT2D eigenvalue weighted by Gasteiger charge is -2.27. The summed E-state index contributed by atoms with van der Waals surface area (Å²) >= 11 is 0. The maximum Gasteiger partial charge on any atom is 0.249 e. The Morgan fingerprint density at radius 3 is 1.17 bits per heavy atom. The zero-order valence-corrected chi connectivity index (χ0v) is 31.0. The van der Waals surface area contributed by atoms with E-state index in [0.717, 1.165) is 44.4 Å². The smallest absolute Gasteiger partial charge is 0.249 e. The lowest BCUT2D eigenvalue weighted by molar-refractivity contribution is -0.132. The molecule has 0 aromatic heterocycles. The summed E-state index contributed by atoms with van der Waals surface area (Å²) in [6, 6.07) is -0.977. The van der Waals surface area contributed by atoms with Gasteiger partial charge in [0.1, 0.15) is 12.2 Å². The number of unbranched alkanes of at least 4 members (excludes halogenated alkanes) is 25. The van der Waals surface area contributed by atoms with Crippen LogP contribution in [0, 0.1) is 5.92 Å². The summed E-state index contributed by atoms with van der Waals surface area (Å²) in [5.41, 5.74) is 0. The Labute approximate surface area is 286 Å². The minimum Gasteiger partial charge on any atom is -0.394 e. The van der Waals surface area contributed by atoms with E-state index in [1.807, 2.05) is 0 Å². The second kappa shape index (κ2) is 34.2. The molecule has 6 nitrogen and oxygen atoms in total. The van der Waals surface area contributed by atoms with Gasteiger partial charge in [0.2, 0.25) is 5.91 Å². The normalized spacial score (nSPS) is 14.4. The molecule has 6 heteroatoms. The molecule has 0 fully saturated rings. The van der Waals surface area contributed by atoms with Gasteiger partial charge >= 0.3 is 0 Å². The van der Waals surface area contributed by atoms with Gasteiger partial charge in [-0.3, -0.25) is 4.79 Å². The number of amides is 1. The molecule has 0 unspecified atom stereocenters. The van der Waals surface area contributed by atoms with E-state index in [0.29, 0.717) is 12.8 Å². The average Bonchev–Trinajstić information content (AvgIpc) is 3.04. The molecule has 1 amide bonds. The molecule has 276 valence electrons. The molecular weight excluding hydrogens is 574 g/mol. The van der Waals surface area contributed by atoms with Crippen LogP contribution in [0.1, 0.15) is 213 Å². The highest BCUT2D eigenvalue weighted by Crippen LogP contribution is 2.17. The van der Waals surface area contributed by atoms with Gasteiger partial charge < -0.3 is 25.7 Å². The lowest BCUT2D eigenvalue weighted by atomic mass is 9.99. The molecule has 0 aromatic rings. The van der Waals surface area contributed by atoms with Crippen LogP contribution in [-0.4, -0.2) is 57.3 Å². The maximum atomic E-state index is 12.5. The van der Waals surface area contributed by atoms with E-state index in [1.165, 1.54) is 141 Å². The highest BCUT2D eigenvalue weighted by atomic mass is 16.3. The molecule has 0 aliphatic rings. The maximum absolute atomic E-state index is 12.5. The van der Waals surface area contributed by atoms with Gasteiger partial charge in [-0.25, -0.2) is 0 Å². The van der Waals surface area contributed by atoms with Crippen LogP contribution in [0.3, 0.4) is 0 Å². The number of nitrogens with one attached hydrogen (secondary N) is 1. The highest BCUT2D eigenvalue weighted by molar-refractivity contribution is 5.80. The fraction of sp³-hybridized carbons (Fsp3) is 0.975. The molecule has 0 aliphatic carbocycles. The minimum absolute atomic E-state index is 0.374. The van der Waals surface area contributed by atoms with E-state index in [2.05, 4.69) is 26.1 Å². The van der Waals surface area contributed by atoms with Crippen LogP contribution in [-0.2, 0) is 4.79 Å². The predicted molar refractivity (Wildman–Crippen MR) is 196 cm³/mol. The SMILES string of the molecule is CCCCCCCCCCCC[C@@H](O)[C@@H](O)[C@H](CO)NC(=O)[C@H](O)CCCCCCCCCCCCCCCCCCCC(C)C. The van der Waals surface area contributed by atoms with Gasteiger partial charge in [-0.1, -0.05) is 201 Å². The molecule has 0 heterocycles. The first-order valence-electron chi connectivity index (χ1n) is 20.3. The predicted octanol–water partition coefficient (Wildman–Crippen LogP) is 9.93. The fourth-order valence-corrected chi connectivity index (χ4v) is 6.47. The molecule has 0 bridgehead atoms. The van der Waals surface area contributed by atoms with E-state index < -0.39 is 36.9 Å². The second-order valence-electron chi connectivity index (χ2n) is 14.8. The lowest BCUT2D eigenvalue weighted by Crippen LogP contribution is -2.53. The first kappa shape index (κ1) is 45.3. The quantitative estimate of drug-likeness (QED) is 0.0432. The zero-order chi connectivity index (χ0) is 34.1. The van der Waals surface area contributed by atoms with Gasteiger partial charge in [0.25, 0.3) is 0 Å². The van der Waals surface area contributed by atoms with Crippen molar-refractivity contribution in [3.63, 3.8) is 0 Å². The van der Waals surface area contributed by atoms with Crippen molar-refractivity contribution in [2.45, 2.75) is 238 Å². The van der Waals surface area contributed by atoms with Crippen molar-refractivity contribution in [1.82, 2.24) is 5.32 Å². The minimum atomic E-state index is -1.25. The topological polar surface area (TPSA) is 110 Å². The van der Waals surface area contributed by atoms with Gasteiger partial charge in [-0.15, -0.1) is 0 Å². The molecule has 0 radical (unpaired) electrons. The first-order chi connectivity index (χ1) is 22.3. The fourth-order valence-electron chi connectivity index (χ4n) is 6.47. The number of aliphatic hydroxyl groups is 4. The second-order valence-corrected chi connectivity index (χ2v) is 14.8. The highest BCUT2D eigenvalue weighted by Gasteiger charge is 2.28. The van der Waals surface area contributed by atoms with Crippen molar-refractivity contribution < 1.29 is 25.2 Å². The largest absolute Gasteiger partial charge is 0.394 e. The van der Waals surface area contributed by atoms with Crippen molar-refractivity contribution >= 4 is 5.91 Å². The number of carbonyl (C=O) groups is 1. The Morgan fingerprint density at radius 2 is 0.826 bits per heavy atom. The van der Waals surface area contributed by atoms with Crippen molar-refractivity contribution in [1.29, 1.82) is 0 Å². The molecule has 0 aliphatic heterocycles. The molecule has 0 saturated heterocycles. The summed E-state index contributed by atoms with van der Waals surface area (Å²) in [5, 5.41) is 43.5. The third-order valence-electron chi connectivity index (χ3n) is 9.75.